The molecule has 1 fully saturated rings. The summed E-state index contributed by atoms with van der Waals surface area (Å²) in [5.41, 5.74) is 3.13. The maximum atomic E-state index is 6.09. The fourth-order valence-electron chi connectivity index (χ4n) is 4.93. The van der Waals surface area contributed by atoms with Gasteiger partial charge in [-0.3, -0.25) is 0 Å². The highest BCUT2D eigenvalue weighted by Crippen LogP contribution is 2.43. The number of rotatable bonds is 9. The van der Waals surface area contributed by atoms with Gasteiger partial charge < -0.3 is 14.4 Å². The molecule has 0 aliphatic carbocycles. The fraction of sp³-hybridized carbons (Fsp3) is 0.538. The molecule has 1 heterocycles. The number of methoxy groups -OCH3 is 1. The zero-order valence-electron chi connectivity index (χ0n) is 18.7. The van der Waals surface area contributed by atoms with Crippen LogP contribution in [0.3, 0.4) is 0 Å². The molecular formula is C26H38NO2+. The van der Waals surface area contributed by atoms with Crippen molar-refractivity contribution in [2.24, 2.45) is 5.41 Å². The molecule has 0 radical (unpaired) electrons. The first-order valence-corrected chi connectivity index (χ1v) is 11.1. The van der Waals surface area contributed by atoms with Crippen molar-refractivity contribution in [2.45, 2.75) is 58.6 Å². The van der Waals surface area contributed by atoms with E-state index in [4.69, 9.17) is 9.47 Å². The van der Waals surface area contributed by atoms with Gasteiger partial charge in [-0.2, -0.15) is 0 Å². The van der Waals surface area contributed by atoms with Crippen LogP contribution < -0.4 is 9.64 Å². The summed E-state index contributed by atoms with van der Waals surface area (Å²) in [5, 5.41) is 0. The molecule has 2 aromatic rings. The third-order valence-corrected chi connectivity index (χ3v) is 6.47. The SMILES string of the molecule is CC[NH+](CCC1(Cc2ccccc2)CCOC(C)(C)C1)Cc1ccc(OC)cc1. The second-order valence-electron chi connectivity index (χ2n) is 9.33. The predicted octanol–water partition coefficient (Wildman–Crippen LogP) is 4.31. The maximum Gasteiger partial charge on any atom is 0.118 e. The Kier molecular flexibility index (Phi) is 7.37. The zero-order chi connectivity index (χ0) is 20.7. The Morgan fingerprint density at radius 3 is 2.34 bits per heavy atom. The number of nitrogens with one attached hydrogen (secondary N) is 1. The van der Waals surface area contributed by atoms with E-state index in [1.54, 1.807) is 12.0 Å². The van der Waals surface area contributed by atoms with Crippen LogP contribution in [0.4, 0.5) is 0 Å². The fourth-order valence-corrected chi connectivity index (χ4v) is 4.93. The minimum absolute atomic E-state index is 0.0323. The normalized spacial score (nSPS) is 22.2. The average Bonchev–Trinajstić information content (AvgIpc) is 2.71. The molecule has 2 aromatic carbocycles. The third-order valence-electron chi connectivity index (χ3n) is 6.47. The van der Waals surface area contributed by atoms with Crippen LogP contribution in [0.5, 0.6) is 5.75 Å². The molecule has 2 atom stereocenters. The molecule has 0 aromatic heterocycles. The number of quaternary nitrogens is 1. The summed E-state index contributed by atoms with van der Waals surface area (Å²) in [4.78, 5) is 1.65. The van der Waals surface area contributed by atoms with Crippen molar-refractivity contribution in [2.75, 3.05) is 26.8 Å². The van der Waals surface area contributed by atoms with Crippen LogP contribution in [-0.4, -0.2) is 32.4 Å². The van der Waals surface area contributed by atoms with Crippen LogP contribution in [0.15, 0.2) is 54.6 Å². The van der Waals surface area contributed by atoms with Gasteiger partial charge in [-0.1, -0.05) is 30.3 Å². The predicted molar refractivity (Wildman–Crippen MR) is 120 cm³/mol. The number of hydrogen-bond donors (Lipinski definition) is 1. The van der Waals surface area contributed by atoms with Gasteiger partial charge in [-0.05, 0) is 75.3 Å². The van der Waals surface area contributed by atoms with Gasteiger partial charge in [0.2, 0.25) is 0 Å². The lowest BCUT2D eigenvalue weighted by Gasteiger charge is -2.45. The first-order valence-electron chi connectivity index (χ1n) is 11.1. The number of benzene rings is 2. The van der Waals surface area contributed by atoms with Crippen molar-refractivity contribution >= 4 is 0 Å². The van der Waals surface area contributed by atoms with Gasteiger partial charge in [0.05, 0.1) is 25.8 Å². The summed E-state index contributed by atoms with van der Waals surface area (Å²) in [6.07, 6.45) is 4.69. The molecule has 2 unspecified atom stereocenters. The van der Waals surface area contributed by atoms with E-state index in [0.717, 1.165) is 44.7 Å². The largest absolute Gasteiger partial charge is 0.497 e. The lowest BCUT2D eigenvalue weighted by Crippen LogP contribution is -3.10. The van der Waals surface area contributed by atoms with Crippen LogP contribution in [0.2, 0.25) is 0 Å². The molecule has 3 heteroatoms. The quantitative estimate of drug-likeness (QED) is 0.683. The molecule has 0 spiro atoms. The average molecular weight is 397 g/mol. The molecule has 1 aliphatic heterocycles. The molecule has 0 saturated carbocycles. The Balaban J connectivity index is 1.69. The Morgan fingerprint density at radius 2 is 1.72 bits per heavy atom. The topological polar surface area (TPSA) is 22.9 Å². The Morgan fingerprint density at radius 1 is 1.00 bits per heavy atom. The second-order valence-corrected chi connectivity index (χ2v) is 9.33. The van der Waals surface area contributed by atoms with Crippen LogP contribution in [-0.2, 0) is 17.7 Å². The Labute approximate surface area is 177 Å². The van der Waals surface area contributed by atoms with Gasteiger partial charge in [0, 0.05) is 18.6 Å². The van der Waals surface area contributed by atoms with Crippen molar-refractivity contribution in [3.8, 4) is 5.75 Å². The summed E-state index contributed by atoms with van der Waals surface area (Å²) in [5.74, 6) is 0.929. The number of ether oxygens (including phenoxy) is 2. The minimum Gasteiger partial charge on any atom is -0.497 e. The third kappa shape index (κ3) is 6.32. The summed E-state index contributed by atoms with van der Waals surface area (Å²) in [7, 11) is 1.72. The highest BCUT2D eigenvalue weighted by atomic mass is 16.5. The van der Waals surface area contributed by atoms with Gasteiger partial charge in [-0.25, -0.2) is 0 Å². The molecule has 3 rings (SSSR count). The molecule has 3 nitrogen and oxygen atoms in total. The van der Waals surface area contributed by atoms with E-state index in [1.165, 1.54) is 24.1 Å². The lowest BCUT2D eigenvalue weighted by atomic mass is 9.68. The van der Waals surface area contributed by atoms with Crippen molar-refractivity contribution in [3.63, 3.8) is 0 Å². The van der Waals surface area contributed by atoms with Crippen molar-refractivity contribution in [1.29, 1.82) is 0 Å². The minimum atomic E-state index is -0.0323. The summed E-state index contributed by atoms with van der Waals surface area (Å²) in [6.45, 7) is 11.1. The molecule has 158 valence electrons. The van der Waals surface area contributed by atoms with E-state index >= 15 is 0 Å². The van der Waals surface area contributed by atoms with Crippen molar-refractivity contribution < 1.29 is 14.4 Å². The Hall–Kier alpha value is -1.84. The molecule has 1 N–H and O–H groups in total. The van der Waals surface area contributed by atoms with E-state index in [2.05, 4.69) is 75.4 Å². The Bertz CT molecular complexity index is 741. The lowest BCUT2D eigenvalue weighted by molar-refractivity contribution is -0.913. The smallest absolute Gasteiger partial charge is 0.118 e. The van der Waals surface area contributed by atoms with E-state index in [1.807, 2.05) is 0 Å². The monoisotopic (exact) mass is 396 g/mol. The second kappa shape index (κ2) is 9.77. The molecule has 0 bridgehead atoms. The van der Waals surface area contributed by atoms with Crippen LogP contribution in [0.1, 0.15) is 51.2 Å². The van der Waals surface area contributed by atoms with Crippen LogP contribution in [0.25, 0.3) is 0 Å². The summed E-state index contributed by atoms with van der Waals surface area (Å²) < 4.78 is 11.4. The summed E-state index contributed by atoms with van der Waals surface area (Å²) >= 11 is 0. The van der Waals surface area contributed by atoms with Gasteiger partial charge in [0.15, 0.2) is 0 Å². The van der Waals surface area contributed by atoms with Crippen molar-refractivity contribution in [1.82, 2.24) is 0 Å². The number of hydrogen-bond acceptors (Lipinski definition) is 2. The van der Waals surface area contributed by atoms with Crippen LogP contribution in [0, 0.1) is 5.41 Å². The highest BCUT2D eigenvalue weighted by molar-refractivity contribution is 5.26. The van der Waals surface area contributed by atoms with E-state index < -0.39 is 0 Å². The van der Waals surface area contributed by atoms with E-state index in [-0.39, 0.29) is 5.60 Å². The highest BCUT2D eigenvalue weighted by Gasteiger charge is 2.41. The molecule has 1 saturated heterocycles. The molecule has 1 aliphatic rings. The summed E-state index contributed by atoms with van der Waals surface area (Å²) in [6, 6.07) is 19.6. The van der Waals surface area contributed by atoms with E-state index in [0.29, 0.717) is 5.41 Å². The first-order chi connectivity index (χ1) is 13.9. The zero-order valence-corrected chi connectivity index (χ0v) is 18.7. The van der Waals surface area contributed by atoms with Crippen molar-refractivity contribution in [3.05, 3.63) is 65.7 Å². The maximum absolute atomic E-state index is 6.09. The van der Waals surface area contributed by atoms with Crippen LogP contribution >= 0.6 is 0 Å². The van der Waals surface area contributed by atoms with Gasteiger partial charge in [0.25, 0.3) is 0 Å². The first kappa shape index (κ1) is 21.9. The van der Waals surface area contributed by atoms with Gasteiger partial charge in [0.1, 0.15) is 12.3 Å². The molecule has 0 amide bonds. The van der Waals surface area contributed by atoms with E-state index in [9.17, 15) is 0 Å². The standard InChI is InChI=1S/C26H37NO2/c1-5-27(20-23-11-13-24(28-4)14-12-23)17-15-26(16-18-29-25(2,3)21-26)19-22-9-7-6-8-10-22/h6-14H,5,15-21H2,1-4H3/p+1. The molecular weight excluding hydrogens is 358 g/mol. The van der Waals surface area contributed by atoms with Gasteiger partial charge >= 0.3 is 0 Å². The van der Waals surface area contributed by atoms with Gasteiger partial charge in [-0.15, -0.1) is 0 Å². The molecule has 29 heavy (non-hydrogen) atoms.